The predicted molar refractivity (Wildman–Crippen MR) is 67.6 cm³/mol. The summed E-state index contributed by atoms with van der Waals surface area (Å²) in [5.41, 5.74) is 1.00. The number of aliphatic imine (C=N–C) groups is 1. The molecule has 2 N–H and O–H groups in total. The van der Waals surface area contributed by atoms with Gasteiger partial charge in [-0.05, 0) is 26.0 Å². The molecule has 0 spiro atoms. The second-order valence-corrected chi connectivity index (χ2v) is 3.83. The molecule has 0 aliphatic carbocycles. The molecule has 0 unspecified atom stereocenters. The van der Waals surface area contributed by atoms with Gasteiger partial charge in [-0.2, -0.15) is 0 Å². The third-order valence-electron chi connectivity index (χ3n) is 2.29. The van der Waals surface area contributed by atoms with Gasteiger partial charge in [0.15, 0.2) is 0 Å². The number of hydrazine groups is 1. The average molecular weight is 211 g/mol. The van der Waals surface area contributed by atoms with E-state index in [-0.39, 0.29) is 0 Å². The number of unbranched alkanes of at least 4 members (excludes halogenated alkanes) is 3. The van der Waals surface area contributed by atoms with E-state index in [4.69, 9.17) is 5.84 Å². The Hall–Kier alpha value is -0.830. The SMILES string of the molecule is C=N/C(=C\N(N)CCC)CCCCCC. The zero-order valence-corrected chi connectivity index (χ0v) is 10.2. The molecule has 0 fully saturated rings. The first-order valence-corrected chi connectivity index (χ1v) is 5.93. The zero-order valence-electron chi connectivity index (χ0n) is 10.2. The van der Waals surface area contributed by atoms with Crippen LogP contribution in [0.3, 0.4) is 0 Å². The summed E-state index contributed by atoms with van der Waals surface area (Å²) in [6, 6.07) is 0. The number of rotatable bonds is 9. The molecule has 0 rings (SSSR count). The summed E-state index contributed by atoms with van der Waals surface area (Å²) in [5.74, 6) is 5.76. The quantitative estimate of drug-likeness (QED) is 0.275. The number of nitrogens with two attached hydrogens (primary N) is 1. The topological polar surface area (TPSA) is 41.6 Å². The molecule has 0 radical (unpaired) electrons. The minimum atomic E-state index is 0.869. The second kappa shape index (κ2) is 9.71. The minimum absolute atomic E-state index is 0.869. The van der Waals surface area contributed by atoms with Crippen LogP contribution >= 0.6 is 0 Å². The lowest BCUT2D eigenvalue weighted by atomic mass is 10.1. The van der Waals surface area contributed by atoms with Crippen molar-refractivity contribution >= 4 is 6.72 Å². The molecule has 0 saturated carbocycles. The van der Waals surface area contributed by atoms with Crippen molar-refractivity contribution in [2.45, 2.75) is 52.4 Å². The molecule has 0 amide bonds. The fourth-order valence-electron chi connectivity index (χ4n) is 1.43. The van der Waals surface area contributed by atoms with Crippen LogP contribution in [-0.4, -0.2) is 18.3 Å². The molecule has 0 aliphatic heterocycles. The first-order chi connectivity index (χ1) is 7.24. The molecule has 0 aromatic heterocycles. The molecule has 0 bridgehead atoms. The van der Waals surface area contributed by atoms with Gasteiger partial charge >= 0.3 is 0 Å². The average Bonchev–Trinajstić information content (AvgIpc) is 2.23. The summed E-state index contributed by atoms with van der Waals surface area (Å²) < 4.78 is 0. The molecule has 15 heavy (non-hydrogen) atoms. The molecule has 0 aromatic rings. The van der Waals surface area contributed by atoms with E-state index in [1.807, 2.05) is 6.20 Å². The molecule has 0 heterocycles. The monoisotopic (exact) mass is 211 g/mol. The summed E-state index contributed by atoms with van der Waals surface area (Å²) in [5, 5.41) is 1.70. The van der Waals surface area contributed by atoms with E-state index in [0.29, 0.717) is 0 Å². The van der Waals surface area contributed by atoms with Crippen LogP contribution in [0, 0.1) is 0 Å². The summed E-state index contributed by atoms with van der Waals surface area (Å²) in [7, 11) is 0. The summed E-state index contributed by atoms with van der Waals surface area (Å²) in [6.07, 6.45) is 8.95. The van der Waals surface area contributed by atoms with Gasteiger partial charge in [-0.1, -0.05) is 33.1 Å². The highest BCUT2D eigenvalue weighted by atomic mass is 15.4. The van der Waals surface area contributed by atoms with E-state index in [0.717, 1.165) is 25.1 Å². The van der Waals surface area contributed by atoms with E-state index < -0.39 is 0 Å². The van der Waals surface area contributed by atoms with Crippen molar-refractivity contribution in [2.24, 2.45) is 10.8 Å². The third-order valence-corrected chi connectivity index (χ3v) is 2.29. The number of nitrogens with zero attached hydrogens (tertiary/aromatic N) is 2. The molecule has 3 heteroatoms. The normalized spacial score (nSPS) is 11.5. The Kier molecular flexibility index (Phi) is 9.18. The van der Waals surface area contributed by atoms with Crippen LogP contribution in [0.1, 0.15) is 52.4 Å². The maximum absolute atomic E-state index is 5.76. The Morgan fingerprint density at radius 3 is 2.53 bits per heavy atom. The smallest absolute Gasteiger partial charge is 0.0569 e. The first-order valence-electron chi connectivity index (χ1n) is 5.93. The molecule has 0 atom stereocenters. The Bertz CT molecular complexity index is 187. The lowest BCUT2D eigenvalue weighted by Crippen LogP contribution is -2.26. The van der Waals surface area contributed by atoms with Crippen molar-refractivity contribution in [3.05, 3.63) is 11.9 Å². The van der Waals surface area contributed by atoms with Crippen molar-refractivity contribution in [1.82, 2.24) is 5.01 Å². The Labute approximate surface area is 94.0 Å². The first kappa shape index (κ1) is 14.2. The Balaban J connectivity index is 3.84. The van der Waals surface area contributed by atoms with Crippen LogP contribution < -0.4 is 5.84 Å². The maximum atomic E-state index is 5.76. The standard InChI is InChI=1S/C12H25N3/c1-4-6-7-8-9-12(14-3)11-15(13)10-5-2/h11H,3-10,13H2,1-2H3/b12-11-. The number of hydrogen-bond acceptors (Lipinski definition) is 3. The summed E-state index contributed by atoms with van der Waals surface area (Å²) >= 11 is 0. The van der Waals surface area contributed by atoms with Gasteiger partial charge in [0, 0.05) is 12.7 Å². The van der Waals surface area contributed by atoms with E-state index in [1.165, 1.54) is 25.7 Å². The summed E-state index contributed by atoms with van der Waals surface area (Å²) in [4.78, 5) is 4.00. The van der Waals surface area contributed by atoms with Gasteiger partial charge in [-0.3, -0.25) is 4.99 Å². The van der Waals surface area contributed by atoms with Crippen LogP contribution in [0.5, 0.6) is 0 Å². The maximum Gasteiger partial charge on any atom is 0.0569 e. The lowest BCUT2D eigenvalue weighted by Gasteiger charge is -2.13. The molecule has 3 nitrogen and oxygen atoms in total. The number of hydrogen-bond donors (Lipinski definition) is 1. The van der Waals surface area contributed by atoms with Crippen LogP contribution in [0.2, 0.25) is 0 Å². The van der Waals surface area contributed by atoms with Crippen LogP contribution in [0.15, 0.2) is 16.9 Å². The van der Waals surface area contributed by atoms with Crippen molar-refractivity contribution in [3.63, 3.8) is 0 Å². The van der Waals surface area contributed by atoms with Gasteiger partial charge in [0.2, 0.25) is 0 Å². The highest BCUT2D eigenvalue weighted by Crippen LogP contribution is 2.11. The van der Waals surface area contributed by atoms with Gasteiger partial charge in [0.05, 0.1) is 5.70 Å². The number of allylic oxidation sites excluding steroid dienone is 1. The fraction of sp³-hybridized carbons (Fsp3) is 0.750. The van der Waals surface area contributed by atoms with Crippen LogP contribution in [0.25, 0.3) is 0 Å². The van der Waals surface area contributed by atoms with E-state index in [2.05, 4.69) is 25.6 Å². The minimum Gasteiger partial charge on any atom is -0.316 e. The lowest BCUT2D eigenvalue weighted by molar-refractivity contribution is 0.388. The molecule has 88 valence electrons. The third kappa shape index (κ3) is 8.18. The van der Waals surface area contributed by atoms with Gasteiger partial charge in [0.25, 0.3) is 0 Å². The van der Waals surface area contributed by atoms with Gasteiger partial charge < -0.3 is 5.01 Å². The predicted octanol–water partition coefficient (Wildman–Crippen LogP) is 3.08. The van der Waals surface area contributed by atoms with Crippen LogP contribution in [-0.2, 0) is 0 Å². The van der Waals surface area contributed by atoms with Gasteiger partial charge in [-0.25, -0.2) is 5.84 Å². The van der Waals surface area contributed by atoms with Gasteiger partial charge in [0.1, 0.15) is 0 Å². The highest BCUT2D eigenvalue weighted by Gasteiger charge is 1.97. The highest BCUT2D eigenvalue weighted by molar-refractivity contribution is 5.28. The molecule has 0 saturated heterocycles. The summed E-state index contributed by atoms with van der Waals surface area (Å²) in [6.45, 7) is 8.76. The zero-order chi connectivity index (χ0) is 11.5. The van der Waals surface area contributed by atoms with Crippen molar-refractivity contribution in [3.8, 4) is 0 Å². The fourth-order valence-corrected chi connectivity index (χ4v) is 1.43. The molecule has 0 aromatic carbocycles. The van der Waals surface area contributed by atoms with Crippen molar-refractivity contribution in [1.29, 1.82) is 0 Å². The van der Waals surface area contributed by atoms with Gasteiger partial charge in [-0.15, -0.1) is 0 Å². The second-order valence-electron chi connectivity index (χ2n) is 3.83. The van der Waals surface area contributed by atoms with Crippen molar-refractivity contribution < 1.29 is 0 Å². The largest absolute Gasteiger partial charge is 0.316 e. The van der Waals surface area contributed by atoms with E-state index in [9.17, 15) is 0 Å². The molecular weight excluding hydrogens is 186 g/mol. The van der Waals surface area contributed by atoms with Crippen molar-refractivity contribution in [2.75, 3.05) is 6.54 Å². The van der Waals surface area contributed by atoms with E-state index >= 15 is 0 Å². The van der Waals surface area contributed by atoms with Crippen LogP contribution in [0.4, 0.5) is 0 Å². The molecule has 0 aliphatic rings. The van der Waals surface area contributed by atoms with E-state index in [1.54, 1.807) is 5.01 Å². The Morgan fingerprint density at radius 1 is 1.27 bits per heavy atom. The Morgan fingerprint density at radius 2 is 2.00 bits per heavy atom. The molecular formula is C12H25N3.